The van der Waals surface area contributed by atoms with Gasteiger partial charge in [-0.25, -0.2) is 0 Å². The van der Waals surface area contributed by atoms with Gasteiger partial charge in [0.25, 0.3) is 0 Å². The maximum atomic E-state index is 12.0. The van der Waals surface area contributed by atoms with Crippen molar-refractivity contribution in [1.82, 2.24) is 5.32 Å². The summed E-state index contributed by atoms with van der Waals surface area (Å²) in [6.45, 7) is 2.86. The molecule has 2 N–H and O–H groups in total. The van der Waals surface area contributed by atoms with E-state index in [1.807, 2.05) is 0 Å². The Kier molecular flexibility index (Phi) is 10.6. The average molecular weight is 333 g/mol. The number of benzene rings is 1. The van der Waals surface area contributed by atoms with E-state index in [4.69, 9.17) is 0 Å². The molecule has 0 saturated carbocycles. The summed E-state index contributed by atoms with van der Waals surface area (Å²) >= 11 is 0. The quantitative estimate of drug-likeness (QED) is 0.409. The van der Waals surface area contributed by atoms with E-state index in [2.05, 4.69) is 12.2 Å². The molecule has 134 valence electrons. The lowest BCUT2D eigenvalue weighted by atomic mass is 10.0. The van der Waals surface area contributed by atoms with Crippen molar-refractivity contribution < 1.29 is 14.7 Å². The van der Waals surface area contributed by atoms with Crippen LogP contribution in [0, 0.1) is 0 Å². The number of rotatable bonds is 13. The number of hydrogen-bond acceptors (Lipinski definition) is 3. The molecule has 0 heterocycles. The molecule has 1 rings (SSSR count). The van der Waals surface area contributed by atoms with Gasteiger partial charge >= 0.3 is 0 Å². The van der Waals surface area contributed by atoms with Crippen LogP contribution in [0.3, 0.4) is 0 Å². The molecule has 0 radical (unpaired) electrons. The minimum Gasteiger partial charge on any atom is -0.507 e. The summed E-state index contributed by atoms with van der Waals surface area (Å²) in [6.07, 6.45) is 9.41. The summed E-state index contributed by atoms with van der Waals surface area (Å²) in [5.74, 6) is 0.162. The van der Waals surface area contributed by atoms with Crippen molar-refractivity contribution >= 4 is 11.7 Å². The zero-order valence-corrected chi connectivity index (χ0v) is 14.9. The maximum absolute atomic E-state index is 12.0. The summed E-state index contributed by atoms with van der Waals surface area (Å²) in [5, 5.41) is 12.6. The van der Waals surface area contributed by atoms with Gasteiger partial charge in [0.05, 0.1) is 5.56 Å². The largest absolute Gasteiger partial charge is 0.507 e. The number of phenolic OH excluding ortho intramolecular Hbond substituents is 1. The molecule has 1 aromatic carbocycles. The highest BCUT2D eigenvalue weighted by Crippen LogP contribution is 2.18. The van der Waals surface area contributed by atoms with E-state index in [0.717, 1.165) is 32.1 Å². The highest BCUT2D eigenvalue weighted by atomic mass is 16.3. The number of Topliss-reactive ketones (excluding diaryl/α,β-unsaturated/α-hetero) is 1. The van der Waals surface area contributed by atoms with Crippen LogP contribution in [0.15, 0.2) is 24.3 Å². The summed E-state index contributed by atoms with van der Waals surface area (Å²) < 4.78 is 0. The zero-order chi connectivity index (χ0) is 17.6. The molecule has 0 fully saturated rings. The van der Waals surface area contributed by atoms with Crippen LogP contribution in [0.2, 0.25) is 0 Å². The monoisotopic (exact) mass is 333 g/mol. The van der Waals surface area contributed by atoms with Crippen LogP contribution in [-0.2, 0) is 4.79 Å². The van der Waals surface area contributed by atoms with Crippen LogP contribution < -0.4 is 5.32 Å². The molecule has 0 saturated heterocycles. The fourth-order valence-corrected chi connectivity index (χ4v) is 2.64. The minimum absolute atomic E-state index is 0.0239. The van der Waals surface area contributed by atoms with Crippen LogP contribution >= 0.6 is 0 Å². The van der Waals surface area contributed by atoms with Gasteiger partial charge in [-0.15, -0.1) is 0 Å². The van der Waals surface area contributed by atoms with Gasteiger partial charge in [-0.2, -0.15) is 0 Å². The molecule has 24 heavy (non-hydrogen) atoms. The third-order valence-corrected chi connectivity index (χ3v) is 4.11. The number of carbonyl (C=O) groups is 2. The molecule has 0 bridgehead atoms. The van der Waals surface area contributed by atoms with Crippen molar-refractivity contribution in [2.45, 2.75) is 71.1 Å². The molecule has 0 unspecified atom stereocenters. The Balaban J connectivity index is 2.01. The number of hydrogen-bond donors (Lipinski definition) is 2. The Morgan fingerprint density at radius 3 is 2.33 bits per heavy atom. The average Bonchev–Trinajstić information content (AvgIpc) is 2.58. The predicted octanol–water partition coefficient (Wildman–Crippen LogP) is 4.61. The molecule has 4 heteroatoms. The second kappa shape index (κ2) is 12.6. The van der Waals surface area contributed by atoms with Crippen LogP contribution in [0.5, 0.6) is 5.75 Å². The second-order valence-corrected chi connectivity index (χ2v) is 6.27. The van der Waals surface area contributed by atoms with Gasteiger partial charge in [0.2, 0.25) is 5.91 Å². The molecule has 0 aliphatic carbocycles. The number of nitrogens with one attached hydrogen (secondary N) is 1. The van der Waals surface area contributed by atoms with Crippen molar-refractivity contribution in [2.24, 2.45) is 0 Å². The highest BCUT2D eigenvalue weighted by molar-refractivity contribution is 5.98. The molecule has 0 atom stereocenters. The Morgan fingerprint density at radius 2 is 1.58 bits per heavy atom. The van der Waals surface area contributed by atoms with Gasteiger partial charge in [-0.05, 0) is 31.4 Å². The van der Waals surface area contributed by atoms with Gasteiger partial charge in [-0.3, -0.25) is 9.59 Å². The number of aromatic hydroxyl groups is 1. The second-order valence-electron chi connectivity index (χ2n) is 6.27. The molecule has 0 aliphatic rings. The van der Waals surface area contributed by atoms with E-state index < -0.39 is 0 Å². The van der Waals surface area contributed by atoms with Gasteiger partial charge in [0, 0.05) is 19.4 Å². The van der Waals surface area contributed by atoms with Crippen molar-refractivity contribution in [3.8, 4) is 5.75 Å². The zero-order valence-electron chi connectivity index (χ0n) is 14.9. The smallest absolute Gasteiger partial charge is 0.219 e. The van der Waals surface area contributed by atoms with E-state index in [0.29, 0.717) is 24.9 Å². The molecular formula is C20H31NO3. The Morgan fingerprint density at radius 1 is 0.917 bits per heavy atom. The Hall–Kier alpha value is -1.84. The topological polar surface area (TPSA) is 66.4 Å². The van der Waals surface area contributed by atoms with Crippen LogP contribution in [0.1, 0.15) is 81.5 Å². The van der Waals surface area contributed by atoms with Crippen LogP contribution in [0.25, 0.3) is 0 Å². The third-order valence-electron chi connectivity index (χ3n) is 4.11. The maximum Gasteiger partial charge on any atom is 0.219 e. The lowest BCUT2D eigenvalue weighted by molar-refractivity contribution is -0.121. The van der Waals surface area contributed by atoms with Gasteiger partial charge in [0.15, 0.2) is 5.78 Å². The number of ketones is 1. The normalized spacial score (nSPS) is 10.5. The Bertz CT molecular complexity index is 499. The standard InChI is InChI=1S/C20H31NO3/c1-2-3-4-5-8-15-20(24)21-16-11-6-7-13-18(22)17-12-9-10-14-19(17)23/h9-10,12,14,23H,2-8,11,13,15-16H2,1H3,(H,21,24). The van der Waals surface area contributed by atoms with Crippen molar-refractivity contribution in [1.29, 1.82) is 0 Å². The number of amides is 1. The van der Waals surface area contributed by atoms with Crippen molar-refractivity contribution in [3.05, 3.63) is 29.8 Å². The van der Waals surface area contributed by atoms with E-state index in [-0.39, 0.29) is 17.4 Å². The van der Waals surface area contributed by atoms with E-state index >= 15 is 0 Å². The summed E-state index contributed by atoms with van der Waals surface area (Å²) in [5.41, 5.74) is 0.397. The molecule has 1 amide bonds. The highest BCUT2D eigenvalue weighted by Gasteiger charge is 2.09. The lowest BCUT2D eigenvalue weighted by Crippen LogP contribution is -2.23. The Labute approximate surface area is 145 Å². The number of unbranched alkanes of at least 4 members (excludes halogenated alkanes) is 6. The molecule has 4 nitrogen and oxygen atoms in total. The summed E-state index contributed by atoms with van der Waals surface area (Å²) in [7, 11) is 0. The molecular weight excluding hydrogens is 302 g/mol. The summed E-state index contributed by atoms with van der Waals surface area (Å²) in [6, 6.07) is 6.65. The van der Waals surface area contributed by atoms with Crippen molar-refractivity contribution in [2.75, 3.05) is 6.54 Å². The van der Waals surface area contributed by atoms with Crippen LogP contribution in [0.4, 0.5) is 0 Å². The molecule has 0 spiro atoms. The third kappa shape index (κ3) is 8.70. The first kappa shape index (κ1) is 20.2. The van der Waals surface area contributed by atoms with Crippen LogP contribution in [-0.4, -0.2) is 23.3 Å². The fraction of sp³-hybridized carbons (Fsp3) is 0.600. The molecule has 0 aromatic heterocycles. The minimum atomic E-state index is -0.0239. The number of phenols is 1. The predicted molar refractivity (Wildman–Crippen MR) is 97.3 cm³/mol. The van der Waals surface area contributed by atoms with Gasteiger partial charge in [-0.1, -0.05) is 51.2 Å². The van der Waals surface area contributed by atoms with E-state index in [9.17, 15) is 14.7 Å². The molecule has 1 aromatic rings. The van der Waals surface area contributed by atoms with E-state index in [1.165, 1.54) is 25.3 Å². The fourth-order valence-electron chi connectivity index (χ4n) is 2.64. The number of para-hydroxylation sites is 1. The number of carbonyl (C=O) groups excluding carboxylic acids is 2. The van der Waals surface area contributed by atoms with Gasteiger partial charge in [0.1, 0.15) is 5.75 Å². The first-order chi connectivity index (χ1) is 11.6. The first-order valence-corrected chi connectivity index (χ1v) is 9.23. The van der Waals surface area contributed by atoms with Crippen molar-refractivity contribution in [3.63, 3.8) is 0 Å². The van der Waals surface area contributed by atoms with E-state index in [1.54, 1.807) is 18.2 Å². The SMILES string of the molecule is CCCCCCCC(=O)NCCCCCC(=O)c1ccccc1O. The first-order valence-electron chi connectivity index (χ1n) is 9.23. The molecule has 0 aliphatic heterocycles. The lowest BCUT2D eigenvalue weighted by Gasteiger charge is -2.06. The van der Waals surface area contributed by atoms with Gasteiger partial charge < -0.3 is 10.4 Å². The summed E-state index contributed by atoms with van der Waals surface area (Å²) in [4.78, 5) is 23.6.